The Morgan fingerprint density at radius 2 is 1.95 bits per heavy atom. The fraction of sp³-hybridized carbons (Fsp3) is 0.385. The predicted molar refractivity (Wildman–Crippen MR) is 143 cm³/mol. The number of aryl methyl sites for hydroxylation is 1. The molecule has 1 aliphatic rings. The van der Waals surface area contributed by atoms with Crippen LogP contribution in [0.25, 0.3) is 0 Å². The summed E-state index contributed by atoms with van der Waals surface area (Å²) in [6, 6.07) is 10.7. The van der Waals surface area contributed by atoms with Gasteiger partial charge in [0.2, 0.25) is 11.8 Å². The smallest absolute Gasteiger partial charge is 0.251 e. The van der Waals surface area contributed by atoms with Gasteiger partial charge in [-0.1, -0.05) is 42.1 Å². The highest BCUT2D eigenvalue weighted by Gasteiger charge is 2.36. The molecule has 11 heteroatoms. The van der Waals surface area contributed by atoms with E-state index in [0.717, 1.165) is 43.9 Å². The van der Waals surface area contributed by atoms with E-state index < -0.39 is 6.04 Å². The molecule has 3 amide bonds. The summed E-state index contributed by atoms with van der Waals surface area (Å²) in [6.07, 6.45) is 6.54. The Kier molecular flexibility index (Phi) is 9.29. The van der Waals surface area contributed by atoms with Gasteiger partial charge in [-0.05, 0) is 50.1 Å². The van der Waals surface area contributed by atoms with Crippen molar-refractivity contribution in [3.63, 3.8) is 0 Å². The Morgan fingerprint density at radius 3 is 2.62 bits per heavy atom. The summed E-state index contributed by atoms with van der Waals surface area (Å²) in [4.78, 5) is 40.9. The van der Waals surface area contributed by atoms with E-state index in [1.54, 1.807) is 49.4 Å². The minimum atomic E-state index is -1.03. The molecule has 0 spiro atoms. The van der Waals surface area contributed by atoms with Crippen LogP contribution in [0.5, 0.6) is 0 Å². The van der Waals surface area contributed by atoms with Crippen LogP contribution in [-0.2, 0) is 14.4 Å². The van der Waals surface area contributed by atoms with Gasteiger partial charge in [0.05, 0.1) is 17.8 Å². The van der Waals surface area contributed by atoms with Crippen molar-refractivity contribution in [2.75, 3.05) is 21.7 Å². The van der Waals surface area contributed by atoms with Gasteiger partial charge in [0.25, 0.3) is 5.91 Å². The second-order valence-corrected chi connectivity index (χ2v) is 10.3. The number of hydrogen-bond acceptors (Lipinski definition) is 7. The van der Waals surface area contributed by atoms with E-state index in [2.05, 4.69) is 15.8 Å². The van der Waals surface area contributed by atoms with Crippen LogP contribution in [0.2, 0.25) is 5.02 Å². The van der Waals surface area contributed by atoms with Crippen molar-refractivity contribution in [3.8, 4) is 0 Å². The molecule has 2 N–H and O–H groups in total. The molecule has 0 radical (unpaired) electrons. The van der Waals surface area contributed by atoms with Gasteiger partial charge in [0, 0.05) is 22.8 Å². The van der Waals surface area contributed by atoms with E-state index in [4.69, 9.17) is 20.5 Å². The van der Waals surface area contributed by atoms with Gasteiger partial charge in [0.15, 0.2) is 11.9 Å². The lowest BCUT2D eigenvalue weighted by molar-refractivity contribution is -0.127. The molecule has 0 bridgehead atoms. The summed E-state index contributed by atoms with van der Waals surface area (Å²) in [6.45, 7) is 1.72. The topological polar surface area (TPSA) is 118 Å². The molecule has 196 valence electrons. The second kappa shape index (κ2) is 12.8. The lowest BCUT2D eigenvalue weighted by Gasteiger charge is -2.32. The van der Waals surface area contributed by atoms with Crippen molar-refractivity contribution in [1.82, 2.24) is 10.5 Å². The SMILES string of the molecule is Cc1cc(NC(=O)CSCC(=O)N(c2cccc(Cl)c2)C(C(=O)NC2CCCCC2)c2ccco2)no1. The number of aromatic nitrogens is 1. The van der Waals surface area contributed by atoms with Crippen LogP contribution in [0.3, 0.4) is 0 Å². The normalized spacial score (nSPS) is 14.6. The van der Waals surface area contributed by atoms with Crippen molar-refractivity contribution >= 4 is 52.6 Å². The molecule has 1 atom stereocenters. The fourth-order valence-corrected chi connectivity index (χ4v) is 5.17. The lowest BCUT2D eigenvalue weighted by Crippen LogP contribution is -2.47. The maximum Gasteiger partial charge on any atom is 0.251 e. The number of carbonyl (C=O) groups excluding carboxylic acids is 3. The third-order valence-electron chi connectivity index (χ3n) is 5.98. The molecule has 2 heterocycles. The number of carbonyl (C=O) groups is 3. The zero-order chi connectivity index (χ0) is 26.2. The zero-order valence-corrected chi connectivity index (χ0v) is 22.0. The molecule has 1 aliphatic carbocycles. The fourth-order valence-electron chi connectivity index (χ4n) is 4.32. The molecule has 0 saturated heterocycles. The van der Waals surface area contributed by atoms with Gasteiger partial charge in [0.1, 0.15) is 11.5 Å². The summed E-state index contributed by atoms with van der Waals surface area (Å²) in [5.74, 6) is 0.186. The number of nitrogens with one attached hydrogen (secondary N) is 2. The summed E-state index contributed by atoms with van der Waals surface area (Å²) >= 11 is 7.38. The minimum Gasteiger partial charge on any atom is -0.467 e. The highest BCUT2D eigenvalue weighted by molar-refractivity contribution is 8.00. The lowest BCUT2D eigenvalue weighted by atomic mass is 9.95. The first-order valence-corrected chi connectivity index (χ1v) is 13.7. The van der Waals surface area contributed by atoms with Gasteiger partial charge in [-0.25, -0.2) is 0 Å². The van der Waals surface area contributed by atoms with Crippen molar-refractivity contribution in [2.24, 2.45) is 0 Å². The molecule has 2 aromatic heterocycles. The van der Waals surface area contributed by atoms with E-state index in [1.165, 1.54) is 11.2 Å². The maximum absolute atomic E-state index is 13.6. The van der Waals surface area contributed by atoms with Crippen LogP contribution in [0.4, 0.5) is 11.5 Å². The third kappa shape index (κ3) is 7.39. The number of benzene rings is 1. The molecular formula is C26H29ClN4O5S. The van der Waals surface area contributed by atoms with E-state index in [9.17, 15) is 14.4 Å². The Labute approximate surface area is 224 Å². The number of furan rings is 1. The van der Waals surface area contributed by atoms with Crippen molar-refractivity contribution in [1.29, 1.82) is 0 Å². The third-order valence-corrected chi connectivity index (χ3v) is 7.13. The minimum absolute atomic E-state index is 0.0146. The van der Waals surface area contributed by atoms with Crippen LogP contribution in [-0.4, -0.2) is 40.4 Å². The quantitative estimate of drug-likeness (QED) is 0.363. The largest absolute Gasteiger partial charge is 0.467 e. The predicted octanol–water partition coefficient (Wildman–Crippen LogP) is 5.12. The molecule has 3 aromatic rings. The number of thioether (sulfide) groups is 1. The first-order valence-electron chi connectivity index (χ1n) is 12.1. The number of amides is 3. The standard InChI is InChI=1S/C26H29ClN4O5S/c1-17-13-22(30-36-17)29-23(32)15-37-16-24(33)31(20-10-5-7-18(27)14-20)25(21-11-6-12-35-21)26(34)28-19-8-3-2-4-9-19/h5-7,10-14,19,25H,2-4,8-9,15-16H2,1H3,(H,28,34)(H,29,30,32). The molecule has 1 fully saturated rings. The first kappa shape index (κ1) is 26.8. The molecule has 9 nitrogen and oxygen atoms in total. The van der Waals surface area contributed by atoms with Crippen LogP contribution < -0.4 is 15.5 Å². The summed E-state index contributed by atoms with van der Waals surface area (Å²) in [7, 11) is 0. The van der Waals surface area contributed by atoms with Crippen molar-refractivity contribution in [2.45, 2.75) is 51.1 Å². The van der Waals surface area contributed by atoms with E-state index in [-0.39, 0.29) is 35.3 Å². The second-order valence-electron chi connectivity index (χ2n) is 8.87. The molecule has 1 unspecified atom stereocenters. The molecular weight excluding hydrogens is 516 g/mol. The molecule has 1 aromatic carbocycles. The van der Waals surface area contributed by atoms with Gasteiger partial charge < -0.3 is 19.6 Å². The van der Waals surface area contributed by atoms with Crippen molar-refractivity contribution < 1.29 is 23.3 Å². The summed E-state index contributed by atoms with van der Waals surface area (Å²) in [5.41, 5.74) is 0.459. The molecule has 0 aliphatic heterocycles. The monoisotopic (exact) mass is 544 g/mol. The Morgan fingerprint density at radius 1 is 1.14 bits per heavy atom. The van der Waals surface area contributed by atoms with E-state index >= 15 is 0 Å². The van der Waals surface area contributed by atoms with Gasteiger partial charge in [-0.15, -0.1) is 11.8 Å². The average molecular weight is 545 g/mol. The number of hydrogen-bond donors (Lipinski definition) is 2. The van der Waals surface area contributed by atoms with Gasteiger partial charge >= 0.3 is 0 Å². The number of rotatable bonds is 10. The van der Waals surface area contributed by atoms with Crippen LogP contribution in [0, 0.1) is 6.92 Å². The highest BCUT2D eigenvalue weighted by atomic mass is 35.5. The van der Waals surface area contributed by atoms with Crippen LogP contribution in [0.1, 0.15) is 49.7 Å². The molecule has 37 heavy (non-hydrogen) atoms. The average Bonchev–Trinajstić information content (AvgIpc) is 3.54. The zero-order valence-electron chi connectivity index (χ0n) is 20.4. The summed E-state index contributed by atoms with van der Waals surface area (Å²) < 4.78 is 10.6. The van der Waals surface area contributed by atoms with Crippen molar-refractivity contribution in [3.05, 3.63) is 65.3 Å². The van der Waals surface area contributed by atoms with E-state index in [1.807, 2.05) is 0 Å². The van der Waals surface area contributed by atoms with Crippen LogP contribution >= 0.6 is 23.4 Å². The Hall–Kier alpha value is -3.24. The number of nitrogens with zero attached hydrogens (tertiary/aromatic N) is 2. The van der Waals surface area contributed by atoms with Gasteiger partial charge in [-0.3, -0.25) is 19.3 Å². The number of halogens is 1. The highest BCUT2D eigenvalue weighted by Crippen LogP contribution is 2.31. The molecule has 4 rings (SSSR count). The number of anilines is 2. The molecule has 1 saturated carbocycles. The van der Waals surface area contributed by atoms with Gasteiger partial charge in [-0.2, -0.15) is 0 Å². The van der Waals surface area contributed by atoms with E-state index in [0.29, 0.717) is 28.0 Å². The first-order chi connectivity index (χ1) is 17.9. The van der Waals surface area contributed by atoms with Crippen LogP contribution in [0.15, 0.2) is 57.7 Å². The maximum atomic E-state index is 13.6. The Bertz CT molecular complexity index is 1210. The summed E-state index contributed by atoms with van der Waals surface area (Å²) in [5, 5.41) is 9.91. The Balaban J connectivity index is 1.52.